The van der Waals surface area contributed by atoms with E-state index in [0.29, 0.717) is 13.1 Å². The van der Waals surface area contributed by atoms with Gasteiger partial charge in [0.1, 0.15) is 17.5 Å². The Morgan fingerprint density at radius 3 is 2.58 bits per heavy atom. The van der Waals surface area contributed by atoms with Crippen LogP contribution in [0, 0.1) is 0 Å². The summed E-state index contributed by atoms with van der Waals surface area (Å²) in [5.74, 6) is 1.68. The number of carbonyl (C=O) groups excluding carboxylic acids is 1. The van der Waals surface area contributed by atoms with Gasteiger partial charge < -0.3 is 20.1 Å². The average Bonchev–Trinajstić information content (AvgIpc) is 2.66. The van der Waals surface area contributed by atoms with Crippen LogP contribution in [0.3, 0.4) is 0 Å². The molecule has 0 bridgehead atoms. The SMILES string of the molecule is COc1ccc([C@H](C)[NH2+]CC(=O)NCCc2ccccc2OC)cc1Br. The van der Waals surface area contributed by atoms with Crippen molar-refractivity contribution in [3.8, 4) is 11.5 Å². The normalized spacial score (nSPS) is 11.7. The van der Waals surface area contributed by atoms with E-state index in [-0.39, 0.29) is 11.9 Å². The van der Waals surface area contributed by atoms with Crippen LogP contribution in [0.25, 0.3) is 0 Å². The number of ether oxygens (including phenoxy) is 2. The number of nitrogens with two attached hydrogens (primary N) is 1. The summed E-state index contributed by atoms with van der Waals surface area (Å²) >= 11 is 3.50. The van der Waals surface area contributed by atoms with Gasteiger partial charge in [-0.25, -0.2) is 0 Å². The van der Waals surface area contributed by atoms with Crippen LogP contribution in [0.2, 0.25) is 0 Å². The van der Waals surface area contributed by atoms with E-state index < -0.39 is 0 Å². The molecule has 140 valence electrons. The van der Waals surface area contributed by atoms with E-state index in [9.17, 15) is 4.79 Å². The minimum absolute atomic E-state index is 0.0272. The largest absolute Gasteiger partial charge is 0.496 e. The maximum atomic E-state index is 12.1. The Morgan fingerprint density at radius 1 is 1.15 bits per heavy atom. The fourth-order valence-corrected chi connectivity index (χ4v) is 3.26. The maximum absolute atomic E-state index is 12.1. The van der Waals surface area contributed by atoms with E-state index in [4.69, 9.17) is 9.47 Å². The van der Waals surface area contributed by atoms with E-state index in [0.717, 1.165) is 33.5 Å². The van der Waals surface area contributed by atoms with E-state index in [1.165, 1.54) is 0 Å². The molecule has 0 heterocycles. The summed E-state index contributed by atoms with van der Waals surface area (Å²) in [6.45, 7) is 3.06. The van der Waals surface area contributed by atoms with Crippen molar-refractivity contribution >= 4 is 21.8 Å². The molecule has 26 heavy (non-hydrogen) atoms. The second-order valence-corrected chi connectivity index (χ2v) is 6.89. The monoisotopic (exact) mass is 421 g/mol. The summed E-state index contributed by atoms with van der Waals surface area (Å²) in [4.78, 5) is 12.1. The number of hydrogen-bond donors (Lipinski definition) is 2. The van der Waals surface area contributed by atoms with Crippen molar-refractivity contribution in [1.82, 2.24) is 5.32 Å². The van der Waals surface area contributed by atoms with Gasteiger partial charge in [-0.15, -0.1) is 0 Å². The third kappa shape index (κ3) is 5.75. The molecule has 6 heteroatoms. The third-order valence-electron chi connectivity index (χ3n) is 4.27. The van der Waals surface area contributed by atoms with Crippen LogP contribution in [0.15, 0.2) is 46.9 Å². The lowest BCUT2D eigenvalue weighted by molar-refractivity contribution is -0.682. The predicted octanol–water partition coefficient (Wildman–Crippen LogP) is 2.45. The van der Waals surface area contributed by atoms with Crippen molar-refractivity contribution in [2.24, 2.45) is 0 Å². The summed E-state index contributed by atoms with van der Waals surface area (Å²) in [6.07, 6.45) is 0.747. The minimum atomic E-state index is 0.0272. The molecule has 1 atom stereocenters. The summed E-state index contributed by atoms with van der Waals surface area (Å²) in [7, 11) is 3.30. The first-order valence-electron chi connectivity index (χ1n) is 8.60. The topological polar surface area (TPSA) is 64.2 Å². The number of hydrogen-bond acceptors (Lipinski definition) is 3. The molecule has 0 saturated carbocycles. The van der Waals surface area contributed by atoms with Crippen LogP contribution in [-0.2, 0) is 11.2 Å². The number of quaternary nitrogens is 1. The molecule has 0 unspecified atom stereocenters. The van der Waals surface area contributed by atoms with E-state index in [1.807, 2.05) is 47.8 Å². The number of methoxy groups -OCH3 is 2. The number of carbonyl (C=O) groups is 1. The van der Waals surface area contributed by atoms with Gasteiger partial charge in [0.2, 0.25) is 0 Å². The molecule has 0 aliphatic carbocycles. The van der Waals surface area contributed by atoms with E-state index >= 15 is 0 Å². The van der Waals surface area contributed by atoms with Crippen LogP contribution >= 0.6 is 15.9 Å². The van der Waals surface area contributed by atoms with Crippen molar-refractivity contribution in [2.45, 2.75) is 19.4 Å². The first-order chi connectivity index (χ1) is 12.5. The molecule has 0 spiro atoms. The zero-order valence-corrected chi connectivity index (χ0v) is 17.0. The molecule has 2 rings (SSSR count). The highest BCUT2D eigenvalue weighted by Gasteiger charge is 2.13. The van der Waals surface area contributed by atoms with Crippen LogP contribution < -0.4 is 20.1 Å². The van der Waals surface area contributed by atoms with Gasteiger partial charge in [-0.2, -0.15) is 0 Å². The molecule has 0 saturated heterocycles. The van der Waals surface area contributed by atoms with Gasteiger partial charge in [0.15, 0.2) is 6.54 Å². The van der Waals surface area contributed by atoms with Gasteiger partial charge >= 0.3 is 0 Å². The predicted molar refractivity (Wildman–Crippen MR) is 106 cm³/mol. The lowest BCUT2D eigenvalue weighted by Crippen LogP contribution is -2.87. The Balaban J connectivity index is 1.77. The van der Waals surface area contributed by atoms with Crippen molar-refractivity contribution in [1.29, 1.82) is 0 Å². The highest BCUT2D eigenvalue weighted by atomic mass is 79.9. The lowest BCUT2D eigenvalue weighted by Gasteiger charge is -2.13. The van der Waals surface area contributed by atoms with Gasteiger partial charge in [0.05, 0.1) is 18.7 Å². The number of nitrogens with one attached hydrogen (secondary N) is 1. The fourth-order valence-electron chi connectivity index (χ4n) is 2.70. The molecule has 0 aliphatic rings. The first kappa shape index (κ1) is 20.3. The Kier molecular flexibility index (Phi) is 7.94. The fraction of sp³-hybridized carbons (Fsp3) is 0.350. The summed E-state index contributed by atoms with van der Waals surface area (Å²) in [6, 6.07) is 14.0. The summed E-state index contributed by atoms with van der Waals surface area (Å²) in [5, 5.41) is 4.98. The molecular formula is C20H26BrN2O3+. The van der Waals surface area contributed by atoms with Gasteiger partial charge in [0, 0.05) is 12.1 Å². The molecular weight excluding hydrogens is 396 g/mol. The van der Waals surface area contributed by atoms with Crippen LogP contribution in [0.5, 0.6) is 11.5 Å². The summed E-state index contributed by atoms with van der Waals surface area (Å²) in [5.41, 5.74) is 2.23. The molecule has 1 amide bonds. The lowest BCUT2D eigenvalue weighted by atomic mass is 10.1. The molecule has 0 aliphatic heterocycles. The standard InChI is InChI=1S/C20H25BrN2O3/c1-14(16-8-9-19(26-3)17(21)12-16)23-13-20(24)22-11-10-15-6-4-5-7-18(15)25-2/h4-9,12,14,23H,10-11,13H2,1-3H3,(H,22,24)/p+1/t14-/m0/s1. The van der Waals surface area contributed by atoms with E-state index in [2.05, 4.69) is 28.2 Å². The van der Waals surface area contributed by atoms with E-state index in [1.54, 1.807) is 14.2 Å². The minimum Gasteiger partial charge on any atom is -0.496 e. The molecule has 2 aromatic carbocycles. The average molecular weight is 422 g/mol. The van der Waals surface area contributed by atoms with Crippen LogP contribution in [0.1, 0.15) is 24.1 Å². The second kappa shape index (κ2) is 10.2. The Bertz CT molecular complexity index is 737. The molecule has 5 nitrogen and oxygen atoms in total. The molecule has 0 fully saturated rings. The van der Waals surface area contributed by atoms with Gasteiger partial charge in [-0.1, -0.05) is 18.2 Å². The highest BCUT2D eigenvalue weighted by molar-refractivity contribution is 9.10. The Hall–Kier alpha value is -2.05. The third-order valence-corrected chi connectivity index (χ3v) is 4.89. The first-order valence-corrected chi connectivity index (χ1v) is 9.39. The quantitative estimate of drug-likeness (QED) is 0.653. The van der Waals surface area contributed by atoms with Gasteiger partial charge in [0.25, 0.3) is 5.91 Å². The van der Waals surface area contributed by atoms with Gasteiger partial charge in [-0.3, -0.25) is 4.79 Å². The number of rotatable bonds is 9. The molecule has 2 aromatic rings. The molecule has 0 radical (unpaired) electrons. The van der Waals surface area contributed by atoms with Crippen molar-refractivity contribution in [3.05, 3.63) is 58.1 Å². The zero-order valence-electron chi connectivity index (χ0n) is 15.4. The number of para-hydroxylation sites is 1. The molecule has 3 N–H and O–H groups in total. The zero-order chi connectivity index (χ0) is 18.9. The van der Waals surface area contributed by atoms with Crippen molar-refractivity contribution in [2.75, 3.05) is 27.3 Å². The molecule has 0 aromatic heterocycles. The number of benzene rings is 2. The smallest absolute Gasteiger partial charge is 0.275 e. The number of amides is 1. The number of halogens is 1. The van der Waals surface area contributed by atoms with Gasteiger partial charge in [-0.05, 0) is 59.1 Å². The van der Waals surface area contributed by atoms with Crippen molar-refractivity contribution in [3.63, 3.8) is 0 Å². The summed E-state index contributed by atoms with van der Waals surface area (Å²) < 4.78 is 11.5. The maximum Gasteiger partial charge on any atom is 0.275 e. The van der Waals surface area contributed by atoms with Crippen LogP contribution in [0.4, 0.5) is 0 Å². The highest BCUT2D eigenvalue weighted by Crippen LogP contribution is 2.27. The van der Waals surface area contributed by atoms with Crippen LogP contribution in [-0.4, -0.2) is 33.2 Å². The Labute approximate surface area is 163 Å². The Morgan fingerprint density at radius 2 is 1.88 bits per heavy atom. The second-order valence-electron chi connectivity index (χ2n) is 6.03. The van der Waals surface area contributed by atoms with Crippen molar-refractivity contribution < 1.29 is 19.6 Å².